The van der Waals surface area contributed by atoms with E-state index in [9.17, 15) is 9.59 Å². The lowest BCUT2D eigenvalue weighted by atomic mass is 10.2. The predicted molar refractivity (Wildman–Crippen MR) is 138 cm³/mol. The molecule has 1 aliphatic heterocycles. The number of benzene rings is 1. The van der Waals surface area contributed by atoms with Crippen molar-refractivity contribution >= 4 is 62.7 Å². The van der Waals surface area contributed by atoms with Crippen LogP contribution in [0.15, 0.2) is 27.8 Å². The number of nitrogens with zero attached hydrogens (tertiary/aromatic N) is 4. The van der Waals surface area contributed by atoms with Gasteiger partial charge in [-0.1, -0.05) is 11.8 Å². The molecule has 2 amide bonds. The first-order valence-corrected chi connectivity index (χ1v) is 12.6. The number of hydrogen-bond donors (Lipinski definition) is 4. The van der Waals surface area contributed by atoms with Crippen LogP contribution < -0.4 is 27.2 Å². The third-order valence-corrected chi connectivity index (χ3v) is 6.16. The van der Waals surface area contributed by atoms with Crippen LogP contribution >= 0.6 is 27.7 Å². The molecule has 0 aliphatic carbocycles. The summed E-state index contributed by atoms with van der Waals surface area (Å²) in [5.74, 6) is 5.22. The zero-order valence-corrected chi connectivity index (χ0v) is 21.9. The van der Waals surface area contributed by atoms with E-state index in [1.165, 1.54) is 11.8 Å². The van der Waals surface area contributed by atoms with Crippen LogP contribution in [-0.4, -0.2) is 64.9 Å². The minimum Gasteiger partial charge on any atom is -0.444 e. The SMILES string of the molecule is CSc1nc(NN)c(C(N)=O)c(Nc2ccc(N3CCN(C(=O)OC(C)(C)C)CC3)cc2Br)n1. The van der Waals surface area contributed by atoms with Crippen molar-refractivity contribution in [3.63, 3.8) is 0 Å². The molecule has 1 aliphatic rings. The van der Waals surface area contributed by atoms with Crippen molar-refractivity contribution in [1.29, 1.82) is 0 Å². The first-order valence-electron chi connectivity index (χ1n) is 10.5. The molecule has 1 saturated heterocycles. The standard InChI is InChI=1S/C21H29BrN8O3S/c1-21(2,3)33-20(32)30-9-7-29(8-10-30)12-5-6-14(13(22)11-12)25-17-15(16(23)31)18(28-24)27-19(26-17)34-4/h5-6,11H,7-10,24H2,1-4H3,(H2,23,31)(H2,25,26,27,28). The van der Waals surface area contributed by atoms with E-state index in [-0.39, 0.29) is 23.3 Å². The molecule has 6 N–H and O–H groups in total. The highest BCUT2D eigenvalue weighted by atomic mass is 79.9. The number of thioether (sulfide) groups is 1. The van der Waals surface area contributed by atoms with Crippen LogP contribution in [0.1, 0.15) is 31.1 Å². The molecule has 0 atom stereocenters. The Bertz CT molecular complexity index is 1070. The predicted octanol–water partition coefficient (Wildman–Crippen LogP) is 3.15. The average molecular weight is 553 g/mol. The molecule has 0 radical (unpaired) electrons. The first kappa shape index (κ1) is 25.8. The Hall–Kier alpha value is -2.77. The van der Waals surface area contributed by atoms with Crippen LogP contribution in [0.5, 0.6) is 0 Å². The number of amides is 2. The van der Waals surface area contributed by atoms with Gasteiger partial charge in [0.1, 0.15) is 17.0 Å². The van der Waals surface area contributed by atoms with Crippen LogP contribution in [0.25, 0.3) is 0 Å². The molecule has 0 unspecified atom stereocenters. The van der Waals surface area contributed by atoms with Gasteiger partial charge in [0.05, 0.1) is 5.69 Å². The Labute approximate surface area is 211 Å². The number of piperazine rings is 1. The summed E-state index contributed by atoms with van der Waals surface area (Å²) >= 11 is 4.90. The Balaban J connectivity index is 1.75. The van der Waals surface area contributed by atoms with E-state index in [4.69, 9.17) is 16.3 Å². The maximum absolute atomic E-state index is 12.3. The van der Waals surface area contributed by atoms with Gasteiger partial charge in [0.2, 0.25) is 0 Å². The first-order chi connectivity index (χ1) is 16.0. The number of primary amides is 1. The second-order valence-corrected chi connectivity index (χ2v) is 10.2. The molecule has 184 valence electrons. The van der Waals surface area contributed by atoms with Gasteiger partial charge < -0.3 is 31.0 Å². The third-order valence-electron chi connectivity index (χ3n) is 4.96. The van der Waals surface area contributed by atoms with Gasteiger partial charge in [0, 0.05) is 36.3 Å². The van der Waals surface area contributed by atoms with Crippen LogP contribution in [0.3, 0.4) is 0 Å². The van der Waals surface area contributed by atoms with E-state index in [2.05, 4.69) is 41.5 Å². The third kappa shape index (κ3) is 6.21. The maximum atomic E-state index is 12.3. The summed E-state index contributed by atoms with van der Waals surface area (Å²) in [5.41, 5.74) is 9.18. The topological polar surface area (TPSA) is 152 Å². The van der Waals surface area contributed by atoms with Gasteiger partial charge in [0.15, 0.2) is 11.0 Å². The normalized spacial score (nSPS) is 14.1. The molecule has 3 rings (SSSR count). The van der Waals surface area contributed by atoms with Gasteiger partial charge in [0.25, 0.3) is 5.91 Å². The highest BCUT2D eigenvalue weighted by Gasteiger charge is 2.26. The molecule has 2 heterocycles. The summed E-state index contributed by atoms with van der Waals surface area (Å²) in [6, 6.07) is 5.80. The lowest BCUT2D eigenvalue weighted by Crippen LogP contribution is -2.50. The van der Waals surface area contributed by atoms with Crippen LogP contribution in [-0.2, 0) is 4.74 Å². The number of carbonyl (C=O) groups excluding carboxylic acids is 2. The lowest BCUT2D eigenvalue weighted by Gasteiger charge is -2.36. The van der Waals surface area contributed by atoms with Crippen LogP contribution in [0, 0.1) is 0 Å². The molecule has 13 heteroatoms. The fraction of sp³-hybridized carbons (Fsp3) is 0.429. The zero-order chi connectivity index (χ0) is 25.0. The van der Waals surface area contributed by atoms with Crippen molar-refractivity contribution in [3.8, 4) is 0 Å². The number of hydrogen-bond acceptors (Lipinski definition) is 10. The van der Waals surface area contributed by atoms with Crippen LogP contribution in [0.4, 0.5) is 27.8 Å². The molecular weight excluding hydrogens is 524 g/mol. The van der Waals surface area contributed by atoms with Crippen molar-refractivity contribution in [2.45, 2.75) is 31.5 Å². The summed E-state index contributed by atoms with van der Waals surface area (Å²) in [6.45, 7) is 8.08. The maximum Gasteiger partial charge on any atom is 0.410 e. The summed E-state index contributed by atoms with van der Waals surface area (Å²) in [6.07, 6.45) is 1.52. The number of ether oxygens (including phenoxy) is 1. The number of aromatic nitrogens is 2. The van der Waals surface area contributed by atoms with Gasteiger partial charge in [-0.3, -0.25) is 4.79 Å². The molecular formula is C21H29BrN8O3S. The van der Waals surface area contributed by atoms with Gasteiger partial charge in [-0.25, -0.2) is 20.6 Å². The molecule has 34 heavy (non-hydrogen) atoms. The highest BCUT2D eigenvalue weighted by molar-refractivity contribution is 9.10. The molecule has 1 aromatic carbocycles. The quantitative estimate of drug-likeness (QED) is 0.182. The number of nitrogen functional groups attached to an aromatic ring is 1. The number of anilines is 4. The number of nitrogens with two attached hydrogens (primary N) is 2. The number of carbonyl (C=O) groups is 2. The largest absolute Gasteiger partial charge is 0.444 e. The number of halogens is 1. The van der Waals surface area contributed by atoms with Gasteiger partial charge in [-0.05, 0) is 61.2 Å². The van der Waals surface area contributed by atoms with Crippen molar-refractivity contribution in [3.05, 3.63) is 28.2 Å². The zero-order valence-electron chi connectivity index (χ0n) is 19.5. The van der Waals surface area contributed by atoms with E-state index in [0.717, 1.165) is 10.2 Å². The summed E-state index contributed by atoms with van der Waals surface area (Å²) in [7, 11) is 0. The molecule has 2 aromatic rings. The Morgan fingerprint density at radius 1 is 1.15 bits per heavy atom. The van der Waals surface area contributed by atoms with Gasteiger partial charge >= 0.3 is 6.09 Å². The van der Waals surface area contributed by atoms with Crippen molar-refractivity contribution in [2.24, 2.45) is 11.6 Å². The fourth-order valence-electron chi connectivity index (χ4n) is 3.36. The molecule has 0 saturated carbocycles. The molecule has 0 spiro atoms. The fourth-order valence-corrected chi connectivity index (χ4v) is 4.19. The lowest BCUT2D eigenvalue weighted by molar-refractivity contribution is 0.0240. The van der Waals surface area contributed by atoms with Crippen molar-refractivity contribution < 1.29 is 14.3 Å². The van der Waals surface area contributed by atoms with Crippen molar-refractivity contribution in [1.82, 2.24) is 14.9 Å². The molecule has 0 bridgehead atoms. The Morgan fingerprint density at radius 3 is 2.32 bits per heavy atom. The number of rotatable bonds is 6. The van der Waals surface area contributed by atoms with E-state index in [1.807, 2.05) is 45.2 Å². The smallest absolute Gasteiger partial charge is 0.410 e. The summed E-state index contributed by atoms with van der Waals surface area (Å²) in [4.78, 5) is 36.8. The minimum absolute atomic E-state index is 0.0644. The number of hydrazine groups is 1. The average Bonchev–Trinajstić information content (AvgIpc) is 2.78. The van der Waals surface area contributed by atoms with Crippen molar-refractivity contribution in [2.75, 3.05) is 48.1 Å². The van der Waals surface area contributed by atoms with Crippen LogP contribution in [0.2, 0.25) is 0 Å². The van der Waals surface area contributed by atoms with E-state index in [1.54, 1.807) is 4.90 Å². The van der Waals surface area contributed by atoms with E-state index >= 15 is 0 Å². The van der Waals surface area contributed by atoms with E-state index < -0.39 is 11.5 Å². The summed E-state index contributed by atoms with van der Waals surface area (Å²) < 4.78 is 6.23. The van der Waals surface area contributed by atoms with Gasteiger partial charge in [-0.2, -0.15) is 0 Å². The molecule has 1 fully saturated rings. The number of nitrogens with one attached hydrogen (secondary N) is 2. The van der Waals surface area contributed by atoms with E-state index in [0.29, 0.717) is 37.0 Å². The second-order valence-electron chi connectivity index (χ2n) is 8.53. The Kier molecular flexibility index (Phi) is 8.10. The Morgan fingerprint density at radius 2 is 1.79 bits per heavy atom. The monoisotopic (exact) mass is 552 g/mol. The summed E-state index contributed by atoms with van der Waals surface area (Å²) in [5, 5.41) is 3.58. The second kappa shape index (κ2) is 10.7. The molecule has 1 aromatic heterocycles. The highest BCUT2D eigenvalue weighted by Crippen LogP contribution is 2.33. The minimum atomic E-state index is -0.710. The molecule has 11 nitrogen and oxygen atoms in total. The van der Waals surface area contributed by atoms with Gasteiger partial charge in [-0.15, -0.1) is 0 Å².